The van der Waals surface area contributed by atoms with Crippen LogP contribution in [0.15, 0.2) is 0 Å². The van der Waals surface area contributed by atoms with Crippen molar-refractivity contribution in [1.29, 1.82) is 0 Å². The summed E-state index contributed by atoms with van der Waals surface area (Å²) >= 11 is 0. The Labute approximate surface area is 245 Å². The summed E-state index contributed by atoms with van der Waals surface area (Å²) < 4.78 is 24.6. The van der Waals surface area contributed by atoms with Gasteiger partial charge in [0.1, 0.15) is 18.1 Å². The number of aliphatic hydroxyl groups excluding tert-OH is 1. The normalized spacial score (nSPS) is 41.8. The first-order valence-electron chi connectivity index (χ1n) is 14.9. The van der Waals surface area contributed by atoms with Crippen LogP contribution >= 0.6 is 0 Å². The number of aliphatic hydroxyl groups is 1. The van der Waals surface area contributed by atoms with Crippen molar-refractivity contribution in [3.8, 4) is 0 Å². The highest BCUT2D eigenvalue weighted by atomic mass is 16.7. The van der Waals surface area contributed by atoms with Gasteiger partial charge in [0.25, 0.3) is 0 Å². The number of likely N-dealkylation sites (N-methyl/N-ethyl adjacent to an activating group) is 2. The number of methoxy groups -OCH3 is 1. The van der Waals surface area contributed by atoms with Crippen LogP contribution in [-0.4, -0.2) is 123 Å². The van der Waals surface area contributed by atoms with E-state index in [-0.39, 0.29) is 48.3 Å². The molecule has 1 amide bonds. The third kappa shape index (κ3) is 7.48. The van der Waals surface area contributed by atoms with Crippen LogP contribution in [0.2, 0.25) is 0 Å². The molecule has 236 valence electrons. The topological polar surface area (TPSA) is 127 Å². The van der Waals surface area contributed by atoms with Crippen molar-refractivity contribution in [3.63, 3.8) is 0 Å². The van der Waals surface area contributed by atoms with Gasteiger partial charge in [-0.1, -0.05) is 13.8 Å². The van der Waals surface area contributed by atoms with Crippen LogP contribution in [0, 0.1) is 23.2 Å². The molecule has 0 aliphatic carbocycles. The van der Waals surface area contributed by atoms with E-state index in [0.717, 1.165) is 0 Å². The van der Waals surface area contributed by atoms with E-state index >= 15 is 0 Å². The molecule has 0 spiro atoms. The molecule has 3 fully saturated rings. The van der Waals surface area contributed by atoms with Crippen LogP contribution in [0.3, 0.4) is 0 Å². The van der Waals surface area contributed by atoms with Crippen molar-refractivity contribution in [2.45, 2.75) is 103 Å². The van der Waals surface area contributed by atoms with Crippen molar-refractivity contribution < 1.29 is 38.4 Å². The second-order valence-electron chi connectivity index (χ2n) is 13.6. The second-order valence-corrected chi connectivity index (χ2v) is 13.6. The molecule has 2 N–H and O–H groups in total. The predicted molar refractivity (Wildman–Crippen MR) is 153 cm³/mol. The van der Waals surface area contributed by atoms with Gasteiger partial charge >= 0.3 is 5.97 Å². The Morgan fingerprint density at radius 1 is 1.12 bits per heavy atom. The number of hydrogen-bond donors (Lipinski definition) is 2. The first-order valence-corrected chi connectivity index (χ1v) is 14.9. The minimum atomic E-state index is -1.46. The molecule has 0 unspecified atom stereocenters. The number of nitrogens with zero attached hydrogens (tertiary/aromatic N) is 2. The summed E-state index contributed by atoms with van der Waals surface area (Å²) in [5, 5.41) is 14.1. The molecular formula is C30H53N3O8. The molecular weight excluding hydrogens is 530 g/mol. The van der Waals surface area contributed by atoms with Crippen molar-refractivity contribution in [1.82, 2.24) is 15.1 Å². The zero-order valence-corrected chi connectivity index (χ0v) is 26.6. The number of cyclic esters (lactones) is 1. The number of amides is 1. The van der Waals surface area contributed by atoms with E-state index in [1.54, 1.807) is 27.9 Å². The van der Waals surface area contributed by atoms with Gasteiger partial charge in [-0.05, 0) is 67.6 Å². The number of Topliss-reactive ketones (excluding diaryl/α,β-unsaturated/α-hetero) is 1. The van der Waals surface area contributed by atoms with Crippen molar-refractivity contribution in [3.05, 3.63) is 0 Å². The number of hydrogen-bond acceptors (Lipinski definition) is 10. The number of nitrogens with one attached hydrogen (secondary N) is 1. The molecule has 3 aliphatic rings. The van der Waals surface area contributed by atoms with Gasteiger partial charge in [0.05, 0.1) is 17.8 Å². The van der Waals surface area contributed by atoms with Crippen LogP contribution < -0.4 is 5.32 Å². The van der Waals surface area contributed by atoms with Gasteiger partial charge in [-0.15, -0.1) is 0 Å². The summed E-state index contributed by atoms with van der Waals surface area (Å²) in [5.41, 5.74) is -2.42. The molecule has 0 aromatic heterocycles. The fourth-order valence-corrected chi connectivity index (χ4v) is 6.96. The Balaban J connectivity index is 2.00. The van der Waals surface area contributed by atoms with E-state index in [9.17, 15) is 19.5 Å². The monoisotopic (exact) mass is 583 g/mol. The molecule has 3 saturated heterocycles. The molecule has 11 nitrogen and oxygen atoms in total. The molecule has 11 heteroatoms. The van der Waals surface area contributed by atoms with Gasteiger partial charge < -0.3 is 34.3 Å². The summed E-state index contributed by atoms with van der Waals surface area (Å²) in [7, 11) is 7.39. The Kier molecular flexibility index (Phi) is 11.0. The van der Waals surface area contributed by atoms with Gasteiger partial charge in [0, 0.05) is 50.5 Å². The third-order valence-electron chi connectivity index (χ3n) is 9.48. The Morgan fingerprint density at radius 2 is 1.78 bits per heavy atom. The van der Waals surface area contributed by atoms with Crippen molar-refractivity contribution in [2.24, 2.45) is 23.2 Å². The maximum Gasteiger partial charge on any atom is 0.319 e. The first-order chi connectivity index (χ1) is 19.0. The molecule has 0 bridgehead atoms. The number of esters is 1. The summed E-state index contributed by atoms with van der Waals surface area (Å²) in [5.74, 6) is -1.69. The molecule has 0 radical (unpaired) electrons. The van der Waals surface area contributed by atoms with E-state index in [1.807, 2.05) is 39.9 Å². The smallest absolute Gasteiger partial charge is 0.319 e. The Bertz CT molecular complexity index is 945. The van der Waals surface area contributed by atoms with E-state index in [2.05, 4.69) is 17.1 Å². The second kappa shape index (κ2) is 13.3. The number of ether oxygens (including phenoxy) is 4. The SMILES string of the molecule is CO[C@]1(C)C[C@@H](C)CN(C)[C@@H]([C@H]2CNC(=O)C2)COC(=O)C(C)(C)C(=O)[C@H](C)[C@H]1O[C@@H]1O[C@H](C)C[C@H](N(C)C)[C@H]1O. The van der Waals surface area contributed by atoms with Gasteiger partial charge in [-0.3, -0.25) is 19.3 Å². The number of ketones is 1. The lowest BCUT2D eigenvalue weighted by Crippen LogP contribution is -2.59. The Morgan fingerprint density at radius 3 is 2.34 bits per heavy atom. The summed E-state index contributed by atoms with van der Waals surface area (Å²) in [6.07, 6.45) is -1.39. The van der Waals surface area contributed by atoms with E-state index in [0.29, 0.717) is 32.4 Å². The zero-order chi connectivity index (χ0) is 30.9. The van der Waals surface area contributed by atoms with Crippen LogP contribution in [0.4, 0.5) is 0 Å². The minimum Gasteiger partial charge on any atom is -0.463 e. The van der Waals surface area contributed by atoms with Crippen LogP contribution in [0.5, 0.6) is 0 Å². The molecule has 3 heterocycles. The van der Waals surface area contributed by atoms with Crippen molar-refractivity contribution in [2.75, 3.05) is 47.9 Å². The molecule has 3 rings (SSSR count). The van der Waals surface area contributed by atoms with Gasteiger partial charge in [0.2, 0.25) is 5.91 Å². The zero-order valence-electron chi connectivity index (χ0n) is 26.6. The number of carbonyl (C=O) groups excluding carboxylic acids is 3. The average molecular weight is 584 g/mol. The van der Waals surface area contributed by atoms with Gasteiger partial charge in [-0.25, -0.2) is 0 Å². The fraction of sp³-hybridized carbons (Fsp3) is 0.900. The Hall–Kier alpha value is -1.63. The average Bonchev–Trinajstić information content (AvgIpc) is 3.32. The van der Waals surface area contributed by atoms with Gasteiger partial charge in [0.15, 0.2) is 12.1 Å². The fourth-order valence-electron chi connectivity index (χ4n) is 6.96. The van der Waals surface area contributed by atoms with Crippen LogP contribution in [-0.2, 0) is 33.3 Å². The van der Waals surface area contributed by atoms with E-state index in [1.165, 1.54) is 0 Å². The van der Waals surface area contributed by atoms with Crippen molar-refractivity contribution >= 4 is 17.7 Å². The third-order valence-corrected chi connectivity index (χ3v) is 9.48. The highest BCUT2D eigenvalue weighted by Gasteiger charge is 2.51. The lowest BCUT2D eigenvalue weighted by molar-refractivity contribution is -0.295. The van der Waals surface area contributed by atoms with E-state index in [4.69, 9.17) is 18.9 Å². The van der Waals surface area contributed by atoms with Crippen LogP contribution in [0.1, 0.15) is 60.8 Å². The molecule has 0 aromatic rings. The number of rotatable bonds is 5. The minimum absolute atomic E-state index is 0.0140. The molecule has 0 saturated carbocycles. The molecule has 41 heavy (non-hydrogen) atoms. The quantitative estimate of drug-likeness (QED) is 0.363. The number of carbonyl (C=O) groups is 3. The summed E-state index contributed by atoms with van der Waals surface area (Å²) in [6.45, 7) is 12.1. The summed E-state index contributed by atoms with van der Waals surface area (Å²) in [4.78, 5) is 43.6. The maximum atomic E-state index is 14.1. The van der Waals surface area contributed by atoms with Gasteiger partial charge in [-0.2, -0.15) is 0 Å². The standard InChI is InChI=1S/C30H53N3O8/c1-17-13-30(6,38-10)26(41-27-24(35)21(32(7)8)11-18(2)40-27)19(3)25(36)29(4,5)28(37)39-16-22(33(9)15-17)20-12-23(34)31-14-20/h17-22,24,26-27,35H,11-16H2,1-10H3,(H,31,34)/t17-,18-,19+,20-,21+,22-,24-,26-,27+,30-/m1/s1. The largest absolute Gasteiger partial charge is 0.463 e. The molecule has 0 aromatic carbocycles. The summed E-state index contributed by atoms with van der Waals surface area (Å²) in [6, 6.07) is -0.383. The first kappa shape index (κ1) is 33.9. The highest BCUT2D eigenvalue weighted by molar-refractivity contribution is 6.04. The molecule has 3 aliphatic heterocycles. The van der Waals surface area contributed by atoms with E-state index < -0.39 is 41.4 Å². The lowest BCUT2D eigenvalue weighted by Gasteiger charge is -2.47. The predicted octanol–water partition coefficient (Wildman–Crippen LogP) is 1.45. The molecule has 10 atom stereocenters. The van der Waals surface area contributed by atoms with Crippen LogP contribution in [0.25, 0.3) is 0 Å². The lowest BCUT2D eigenvalue weighted by atomic mass is 9.74. The maximum absolute atomic E-state index is 14.1. The highest BCUT2D eigenvalue weighted by Crippen LogP contribution is 2.38.